The summed E-state index contributed by atoms with van der Waals surface area (Å²) in [5.74, 6) is 0. The van der Waals surface area contributed by atoms with E-state index in [9.17, 15) is 14.7 Å². The van der Waals surface area contributed by atoms with Gasteiger partial charge in [-0.1, -0.05) is 12.2 Å². The molecule has 0 aromatic carbocycles. The van der Waals surface area contributed by atoms with Gasteiger partial charge in [0.05, 0.1) is 30.7 Å². The van der Waals surface area contributed by atoms with Crippen LogP contribution in [0.5, 0.6) is 0 Å². The summed E-state index contributed by atoms with van der Waals surface area (Å²) in [6.45, 7) is 10.3. The van der Waals surface area contributed by atoms with Crippen LogP contribution in [0, 0.1) is 0 Å². The van der Waals surface area contributed by atoms with Crippen molar-refractivity contribution >= 4 is 21.6 Å². The summed E-state index contributed by atoms with van der Waals surface area (Å²) in [6.07, 6.45) is 0.627. The molecule has 0 bridgehead atoms. The van der Waals surface area contributed by atoms with E-state index >= 15 is 0 Å². The molecule has 1 N–H and O–H groups in total. The molecule has 3 rings (SSSR count). The molecule has 6 nitrogen and oxygen atoms in total. The molecule has 7 heteroatoms. The molecule has 0 aliphatic carbocycles. The number of ether oxygens (including phenoxy) is 1. The van der Waals surface area contributed by atoms with Crippen LogP contribution in [0.1, 0.15) is 31.2 Å². The fraction of sp³-hybridized carbons (Fsp3) is 0.529. The van der Waals surface area contributed by atoms with E-state index in [1.54, 1.807) is 4.57 Å². The van der Waals surface area contributed by atoms with Crippen LogP contribution in [0.15, 0.2) is 21.7 Å². The summed E-state index contributed by atoms with van der Waals surface area (Å²) in [4.78, 5) is 27.3. The highest BCUT2D eigenvalue weighted by Crippen LogP contribution is 2.37. The third-order valence-electron chi connectivity index (χ3n) is 4.19. The predicted octanol–water partition coefficient (Wildman–Crippen LogP) is 1.64. The van der Waals surface area contributed by atoms with E-state index in [4.69, 9.17) is 4.74 Å². The summed E-state index contributed by atoms with van der Waals surface area (Å²) in [5.41, 5.74) is 0.736. The molecule has 0 spiro atoms. The predicted molar refractivity (Wildman–Crippen MR) is 94.8 cm³/mol. The van der Waals surface area contributed by atoms with E-state index in [0.717, 1.165) is 20.6 Å². The van der Waals surface area contributed by atoms with Crippen molar-refractivity contribution < 1.29 is 9.84 Å². The van der Waals surface area contributed by atoms with Gasteiger partial charge in [0.15, 0.2) is 0 Å². The van der Waals surface area contributed by atoms with Crippen molar-refractivity contribution in [3.05, 3.63) is 43.4 Å². The molecule has 0 saturated heterocycles. The summed E-state index contributed by atoms with van der Waals surface area (Å²) >= 11 is 1.45. The SMILES string of the molecule is C=C(C)Cn1c(=O)n(CCO)c(=O)c2c3c(sc21)COC(C)(C)C3. The fourth-order valence-corrected chi connectivity index (χ4v) is 4.32. The lowest BCUT2D eigenvalue weighted by Crippen LogP contribution is -2.41. The molecule has 0 fully saturated rings. The zero-order chi connectivity index (χ0) is 17.6. The maximum absolute atomic E-state index is 12.9. The van der Waals surface area contributed by atoms with Crippen molar-refractivity contribution in [3.63, 3.8) is 0 Å². The first kappa shape index (κ1) is 17.1. The Morgan fingerprint density at radius 1 is 1.38 bits per heavy atom. The van der Waals surface area contributed by atoms with E-state index in [1.807, 2.05) is 20.8 Å². The van der Waals surface area contributed by atoms with Crippen LogP contribution in [0.4, 0.5) is 0 Å². The zero-order valence-corrected chi connectivity index (χ0v) is 15.0. The van der Waals surface area contributed by atoms with Gasteiger partial charge in [-0.2, -0.15) is 0 Å². The van der Waals surface area contributed by atoms with Gasteiger partial charge in [-0.05, 0) is 26.3 Å². The minimum Gasteiger partial charge on any atom is -0.395 e. The number of hydrogen-bond donors (Lipinski definition) is 1. The van der Waals surface area contributed by atoms with Crippen molar-refractivity contribution in [2.45, 2.75) is 52.5 Å². The second-order valence-electron chi connectivity index (χ2n) is 6.92. The number of fused-ring (bicyclic) bond motifs is 3. The van der Waals surface area contributed by atoms with E-state index in [2.05, 4.69) is 6.58 Å². The second-order valence-corrected chi connectivity index (χ2v) is 8.00. The third kappa shape index (κ3) is 2.76. The van der Waals surface area contributed by atoms with E-state index in [-0.39, 0.29) is 24.3 Å². The third-order valence-corrected chi connectivity index (χ3v) is 5.41. The first-order valence-corrected chi connectivity index (χ1v) is 8.74. The van der Waals surface area contributed by atoms with E-state index in [0.29, 0.717) is 29.8 Å². The van der Waals surface area contributed by atoms with E-state index < -0.39 is 5.69 Å². The highest BCUT2D eigenvalue weighted by Gasteiger charge is 2.31. The summed E-state index contributed by atoms with van der Waals surface area (Å²) in [5, 5.41) is 9.83. The van der Waals surface area contributed by atoms with Crippen LogP contribution in [0.25, 0.3) is 10.2 Å². The lowest BCUT2D eigenvalue weighted by atomic mass is 9.94. The number of aliphatic hydroxyl groups excluding tert-OH is 1. The average molecular weight is 350 g/mol. The van der Waals surface area contributed by atoms with Crippen LogP contribution in [-0.2, 0) is 30.9 Å². The molecule has 0 radical (unpaired) electrons. The number of nitrogens with zero attached hydrogens (tertiary/aromatic N) is 2. The molecule has 0 atom stereocenters. The van der Waals surface area contributed by atoms with Gasteiger partial charge in [-0.3, -0.25) is 13.9 Å². The molecule has 2 aromatic heterocycles. The zero-order valence-electron chi connectivity index (χ0n) is 14.2. The lowest BCUT2D eigenvalue weighted by Gasteiger charge is -2.29. The topological polar surface area (TPSA) is 73.5 Å². The van der Waals surface area contributed by atoms with Gasteiger partial charge in [-0.15, -0.1) is 11.3 Å². The van der Waals surface area contributed by atoms with Gasteiger partial charge in [0, 0.05) is 17.8 Å². The van der Waals surface area contributed by atoms with Crippen LogP contribution < -0.4 is 11.2 Å². The van der Waals surface area contributed by atoms with Crippen LogP contribution in [-0.4, -0.2) is 26.4 Å². The number of aromatic nitrogens is 2. The Bertz CT molecular complexity index is 933. The average Bonchev–Trinajstić information content (AvgIpc) is 2.85. The quantitative estimate of drug-likeness (QED) is 0.851. The van der Waals surface area contributed by atoms with Crippen LogP contribution >= 0.6 is 11.3 Å². The van der Waals surface area contributed by atoms with Gasteiger partial charge in [-0.25, -0.2) is 4.79 Å². The van der Waals surface area contributed by atoms with Gasteiger partial charge in [0.25, 0.3) is 5.56 Å². The van der Waals surface area contributed by atoms with Gasteiger partial charge in [0.2, 0.25) is 0 Å². The normalized spacial score (nSPS) is 16.3. The largest absolute Gasteiger partial charge is 0.395 e. The lowest BCUT2D eigenvalue weighted by molar-refractivity contribution is -0.0379. The van der Waals surface area contributed by atoms with Gasteiger partial charge in [0.1, 0.15) is 4.83 Å². The van der Waals surface area contributed by atoms with Crippen LogP contribution in [0.2, 0.25) is 0 Å². The number of thiophene rings is 1. The maximum atomic E-state index is 12.9. The molecule has 24 heavy (non-hydrogen) atoms. The molecule has 1 aliphatic rings. The maximum Gasteiger partial charge on any atom is 0.332 e. The standard InChI is InChI=1S/C17H22N2O4S/c1-10(2)8-19-15-13(14(21)18(5-6-20)16(19)22)11-7-17(3,4)23-9-12(11)24-15/h20H,1,5-9H2,2-4H3. The second kappa shape index (κ2) is 5.98. The number of hydrogen-bond acceptors (Lipinski definition) is 5. The molecule has 3 heterocycles. The summed E-state index contributed by atoms with van der Waals surface area (Å²) in [7, 11) is 0. The fourth-order valence-electron chi connectivity index (χ4n) is 3.11. The first-order chi connectivity index (χ1) is 11.2. The van der Waals surface area contributed by atoms with Crippen LogP contribution in [0.3, 0.4) is 0 Å². The molecule has 0 saturated carbocycles. The Labute approximate surface area is 143 Å². The van der Waals surface area contributed by atoms with Crippen molar-refractivity contribution in [2.24, 2.45) is 0 Å². The number of allylic oxidation sites excluding steroid dienone is 1. The monoisotopic (exact) mass is 350 g/mol. The Kier molecular flexibility index (Phi) is 4.27. The first-order valence-electron chi connectivity index (χ1n) is 7.92. The highest BCUT2D eigenvalue weighted by atomic mass is 32.1. The molecular formula is C17H22N2O4S. The van der Waals surface area contributed by atoms with Crippen molar-refractivity contribution in [3.8, 4) is 0 Å². The van der Waals surface area contributed by atoms with Crippen molar-refractivity contribution in [2.75, 3.05) is 6.61 Å². The summed E-state index contributed by atoms with van der Waals surface area (Å²) in [6, 6.07) is 0. The Balaban J connectivity index is 2.38. The molecule has 2 aromatic rings. The molecule has 0 unspecified atom stereocenters. The van der Waals surface area contributed by atoms with Crippen molar-refractivity contribution in [1.29, 1.82) is 0 Å². The Hall–Kier alpha value is -1.70. The highest BCUT2D eigenvalue weighted by molar-refractivity contribution is 7.18. The van der Waals surface area contributed by atoms with E-state index in [1.165, 1.54) is 11.3 Å². The smallest absolute Gasteiger partial charge is 0.332 e. The molecule has 1 aliphatic heterocycles. The van der Waals surface area contributed by atoms with Crippen molar-refractivity contribution in [1.82, 2.24) is 9.13 Å². The minimum absolute atomic E-state index is 0.00564. The van der Waals surface area contributed by atoms with Gasteiger partial charge < -0.3 is 9.84 Å². The number of rotatable bonds is 4. The Morgan fingerprint density at radius 2 is 2.08 bits per heavy atom. The summed E-state index contributed by atoms with van der Waals surface area (Å²) < 4.78 is 8.56. The molecule has 130 valence electrons. The number of aliphatic hydroxyl groups is 1. The van der Waals surface area contributed by atoms with Gasteiger partial charge >= 0.3 is 5.69 Å². The Morgan fingerprint density at radius 3 is 2.71 bits per heavy atom. The minimum atomic E-state index is -0.400. The molecular weight excluding hydrogens is 328 g/mol. The molecule has 0 amide bonds.